The number of amides is 2. The van der Waals surface area contributed by atoms with Crippen molar-refractivity contribution in [2.75, 3.05) is 14.2 Å². The molecule has 0 aromatic heterocycles. The van der Waals surface area contributed by atoms with Gasteiger partial charge in [-0.15, -0.1) is 0 Å². The van der Waals surface area contributed by atoms with Gasteiger partial charge < -0.3 is 15.2 Å². The molecule has 2 amide bonds. The van der Waals surface area contributed by atoms with Crippen LogP contribution in [0.25, 0.3) is 0 Å². The number of alkyl halides is 3. The zero-order valence-electron chi connectivity index (χ0n) is 12.3. The smallest absolute Gasteiger partial charge is 0.369 e. The van der Waals surface area contributed by atoms with Crippen LogP contribution in [0, 0.1) is 5.92 Å². The van der Waals surface area contributed by atoms with Gasteiger partial charge in [0.25, 0.3) is 0 Å². The third-order valence-electron chi connectivity index (χ3n) is 3.89. The molecule has 1 aliphatic heterocycles. The number of ether oxygens (including phenoxy) is 1. The number of hydrogen-bond donors (Lipinski definition) is 2. The number of hydrogen-bond acceptors (Lipinski definition) is 4. The fraction of sp³-hybridized carbons (Fsp3) is 0.429. The number of benzene rings is 1. The van der Waals surface area contributed by atoms with Crippen molar-refractivity contribution >= 4 is 23.6 Å². The van der Waals surface area contributed by atoms with E-state index in [1.807, 2.05) is 0 Å². The van der Waals surface area contributed by atoms with Crippen LogP contribution in [0.5, 0.6) is 0 Å². The molecule has 0 unspecified atom stereocenters. The number of methoxy groups -OCH3 is 1. The van der Waals surface area contributed by atoms with Crippen molar-refractivity contribution in [2.24, 2.45) is 5.92 Å². The highest BCUT2D eigenvalue weighted by atomic mass is 35.5. The van der Waals surface area contributed by atoms with Gasteiger partial charge >= 0.3 is 17.4 Å². The van der Waals surface area contributed by atoms with Crippen LogP contribution in [0.4, 0.5) is 13.6 Å². The molecule has 3 atom stereocenters. The fourth-order valence-electron chi connectivity index (χ4n) is 2.64. The predicted molar refractivity (Wildman–Crippen MR) is 76.7 cm³/mol. The first-order valence-corrected chi connectivity index (χ1v) is 6.98. The minimum absolute atomic E-state index is 0.307. The van der Waals surface area contributed by atoms with Gasteiger partial charge in [-0.1, -0.05) is 30.3 Å². The minimum Gasteiger partial charge on any atom is -0.469 e. The quantitative estimate of drug-likeness (QED) is 0.643. The zero-order valence-corrected chi connectivity index (χ0v) is 13.1. The molecule has 2 rings (SSSR count). The second-order valence-corrected chi connectivity index (χ2v) is 5.60. The summed E-state index contributed by atoms with van der Waals surface area (Å²) in [6.45, 7) is 0. The molecule has 0 saturated carbocycles. The summed E-state index contributed by atoms with van der Waals surface area (Å²) in [5, 5.41) is 8.64. The van der Waals surface area contributed by atoms with Gasteiger partial charge in [-0.2, -0.15) is 8.78 Å². The van der Waals surface area contributed by atoms with E-state index in [4.69, 9.17) is 11.6 Å². The molecule has 0 aliphatic carbocycles. The SMILES string of the molecule is COC(=O)[C@H]1[C@H](c2ccccc2)NC(=O)N(C)[C@@]1(O)C(F)(F)Cl. The summed E-state index contributed by atoms with van der Waals surface area (Å²) in [6.07, 6.45) is 0. The Bertz CT molecular complexity index is 611. The first-order valence-electron chi connectivity index (χ1n) is 6.60. The van der Waals surface area contributed by atoms with E-state index in [0.29, 0.717) is 10.5 Å². The lowest BCUT2D eigenvalue weighted by Crippen LogP contribution is -2.72. The lowest BCUT2D eigenvalue weighted by atomic mass is 9.81. The van der Waals surface area contributed by atoms with Crippen molar-refractivity contribution in [3.05, 3.63) is 35.9 Å². The van der Waals surface area contributed by atoms with Gasteiger partial charge in [0.1, 0.15) is 5.92 Å². The van der Waals surface area contributed by atoms with Gasteiger partial charge in [0.05, 0.1) is 13.2 Å². The van der Waals surface area contributed by atoms with Crippen LogP contribution in [0.3, 0.4) is 0 Å². The predicted octanol–water partition coefficient (Wildman–Crippen LogP) is 1.69. The van der Waals surface area contributed by atoms with Crippen molar-refractivity contribution in [1.82, 2.24) is 10.2 Å². The van der Waals surface area contributed by atoms with Crippen LogP contribution in [0.15, 0.2) is 30.3 Å². The number of nitrogens with zero attached hydrogens (tertiary/aromatic N) is 1. The number of rotatable bonds is 3. The monoisotopic (exact) mass is 348 g/mol. The molecule has 0 radical (unpaired) electrons. The van der Waals surface area contributed by atoms with E-state index < -0.39 is 35.1 Å². The van der Waals surface area contributed by atoms with E-state index in [1.54, 1.807) is 18.2 Å². The molecular formula is C14H15ClF2N2O4. The Balaban J connectivity index is 2.63. The molecule has 126 valence electrons. The third-order valence-corrected chi connectivity index (χ3v) is 4.17. The summed E-state index contributed by atoms with van der Waals surface area (Å²) in [4.78, 5) is 24.4. The van der Waals surface area contributed by atoms with Crippen molar-refractivity contribution in [2.45, 2.75) is 17.1 Å². The first-order chi connectivity index (χ1) is 10.6. The van der Waals surface area contributed by atoms with Crippen molar-refractivity contribution in [1.29, 1.82) is 0 Å². The van der Waals surface area contributed by atoms with E-state index >= 15 is 0 Å². The standard InChI is InChI=1S/C14H15ClF2N2O4/c1-19-12(21)18-10(8-6-4-3-5-7-8)9(11(20)23-2)13(19,22)14(15,16)17/h3-7,9-10,22H,1-2H3,(H,18,21)/t9-,10+,13+/m1/s1. The highest BCUT2D eigenvalue weighted by Gasteiger charge is 2.68. The van der Waals surface area contributed by atoms with Crippen molar-refractivity contribution in [3.63, 3.8) is 0 Å². The number of carbonyl (C=O) groups is 2. The lowest BCUT2D eigenvalue weighted by Gasteiger charge is -2.49. The van der Waals surface area contributed by atoms with Crippen LogP contribution < -0.4 is 5.32 Å². The van der Waals surface area contributed by atoms with Gasteiger partial charge in [0.15, 0.2) is 0 Å². The molecule has 1 aliphatic rings. The maximum atomic E-state index is 13.9. The average molecular weight is 349 g/mol. The molecule has 1 saturated heterocycles. The molecule has 6 nitrogen and oxygen atoms in total. The van der Waals surface area contributed by atoms with E-state index in [-0.39, 0.29) is 0 Å². The Labute approximate surface area is 136 Å². The largest absolute Gasteiger partial charge is 0.469 e. The fourth-order valence-corrected chi connectivity index (χ4v) is 2.88. The van der Waals surface area contributed by atoms with E-state index in [9.17, 15) is 23.5 Å². The number of esters is 1. The van der Waals surface area contributed by atoms with Crippen molar-refractivity contribution in [3.8, 4) is 0 Å². The normalized spacial score (nSPS) is 28.3. The molecule has 1 aromatic rings. The number of carbonyl (C=O) groups excluding carboxylic acids is 2. The summed E-state index contributed by atoms with van der Waals surface area (Å²) >= 11 is 5.05. The summed E-state index contributed by atoms with van der Waals surface area (Å²) in [5.41, 5.74) is -2.91. The Morgan fingerprint density at radius 2 is 2.00 bits per heavy atom. The Hall–Kier alpha value is -1.93. The number of aliphatic hydroxyl groups is 1. The van der Waals surface area contributed by atoms with E-state index in [0.717, 1.165) is 14.2 Å². The second-order valence-electron chi connectivity index (χ2n) is 5.12. The summed E-state index contributed by atoms with van der Waals surface area (Å²) < 4.78 is 32.4. The van der Waals surface area contributed by atoms with Crippen LogP contribution >= 0.6 is 11.6 Å². The van der Waals surface area contributed by atoms with Gasteiger partial charge in [0.2, 0.25) is 5.72 Å². The van der Waals surface area contributed by atoms with Crippen LogP contribution in [0.1, 0.15) is 11.6 Å². The van der Waals surface area contributed by atoms with Gasteiger partial charge in [-0.05, 0) is 17.2 Å². The molecule has 2 N–H and O–H groups in total. The topological polar surface area (TPSA) is 78.9 Å². The maximum absolute atomic E-state index is 13.9. The van der Waals surface area contributed by atoms with Gasteiger partial charge in [-0.25, -0.2) is 4.79 Å². The van der Waals surface area contributed by atoms with Crippen LogP contribution in [-0.2, 0) is 9.53 Å². The van der Waals surface area contributed by atoms with Gasteiger partial charge in [0, 0.05) is 7.05 Å². The molecule has 9 heteroatoms. The maximum Gasteiger partial charge on any atom is 0.369 e. The van der Waals surface area contributed by atoms with Gasteiger partial charge in [-0.3, -0.25) is 9.69 Å². The van der Waals surface area contributed by atoms with E-state index in [2.05, 4.69) is 10.1 Å². The summed E-state index contributed by atoms with van der Waals surface area (Å²) in [6, 6.07) is 5.70. The summed E-state index contributed by atoms with van der Waals surface area (Å²) in [5.74, 6) is -2.97. The van der Waals surface area contributed by atoms with Crippen LogP contribution in [-0.4, -0.2) is 47.3 Å². The molecule has 1 heterocycles. The molecule has 0 bridgehead atoms. The Kier molecular flexibility index (Phi) is 4.50. The van der Waals surface area contributed by atoms with E-state index in [1.165, 1.54) is 12.1 Å². The molecule has 23 heavy (non-hydrogen) atoms. The molecule has 1 aromatic carbocycles. The average Bonchev–Trinajstić information content (AvgIpc) is 2.51. The zero-order chi connectivity index (χ0) is 17.4. The summed E-state index contributed by atoms with van der Waals surface area (Å²) in [7, 11) is 1.91. The Morgan fingerprint density at radius 1 is 1.43 bits per heavy atom. The first kappa shape index (κ1) is 17.4. The number of nitrogens with one attached hydrogen (secondary N) is 1. The highest BCUT2D eigenvalue weighted by Crippen LogP contribution is 2.47. The lowest BCUT2D eigenvalue weighted by molar-refractivity contribution is -0.242. The molecule has 0 spiro atoms. The molecular weight excluding hydrogens is 334 g/mol. The second kappa shape index (κ2) is 5.93. The number of urea groups is 1. The minimum atomic E-state index is -4.29. The highest BCUT2D eigenvalue weighted by molar-refractivity contribution is 6.22. The third kappa shape index (κ3) is 2.72. The Morgan fingerprint density at radius 3 is 2.48 bits per heavy atom. The number of halogens is 3. The van der Waals surface area contributed by atoms with Crippen molar-refractivity contribution < 1.29 is 28.2 Å². The van der Waals surface area contributed by atoms with Crippen LogP contribution in [0.2, 0.25) is 0 Å². The molecule has 1 fully saturated rings.